The van der Waals surface area contributed by atoms with Crippen LogP contribution in [-0.2, 0) is 6.54 Å². The lowest BCUT2D eigenvalue weighted by molar-refractivity contribution is 0.637. The topological polar surface area (TPSA) is 53.6 Å². The lowest BCUT2D eigenvalue weighted by Gasteiger charge is -2.06. The number of nitrogens with zero attached hydrogens (tertiary/aromatic N) is 3. The van der Waals surface area contributed by atoms with Crippen molar-refractivity contribution in [3.05, 3.63) is 47.8 Å². The number of hydrogen-bond acceptors (Lipinski definition) is 3. The first-order valence-electron chi connectivity index (χ1n) is 5.51. The number of rotatable bonds is 4. The van der Waals surface area contributed by atoms with E-state index in [9.17, 15) is 0 Å². The van der Waals surface area contributed by atoms with Crippen LogP contribution in [0.3, 0.4) is 0 Å². The Morgan fingerprint density at radius 3 is 3.06 bits per heavy atom. The van der Waals surface area contributed by atoms with Crippen LogP contribution in [-0.4, -0.2) is 16.3 Å². The van der Waals surface area contributed by atoms with Gasteiger partial charge in [0.05, 0.1) is 24.4 Å². The van der Waals surface area contributed by atoms with Crippen LogP contribution in [0.15, 0.2) is 36.7 Å². The van der Waals surface area contributed by atoms with Crippen LogP contribution in [0.25, 0.3) is 0 Å². The summed E-state index contributed by atoms with van der Waals surface area (Å²) in [7, 11) is 0. The lowest BCUT2D eigenvalue weighted by atomic mass is 10.2. The maximum absolute atomic E-state index is 8.78. The minimum absolute atomic E-state index is 0.671. The molecule has 1 aromatic heterocycles. The fraction of sp³-hybridized carbons (Fsp3) is 0.231. The molecule has 1 heterocycles. The molecule has 0 atom stereocenters. The summed E-state index contributed by atoms with van der Waals surface area (Å²) in [5.74, 6) is 0. The smallest absolute Gasteiger partial charge is 0.0992 e. The van der Waals surface area contributed by atoms with Crippen molar-refractivity contribution in [1.29, 1.82) is 5.26 Å². The largest absolute Gasteiger partial charge is 0.383 e. The first-order chi connectivity index (χ1) is 8.28. The fourth-order valence-electron chi connectivity index (χ4n) is 1.60. The van der Waals surface area contributed by atoms with Gasteiger partial charge in [-0.1, -0.05) is 6.07 Å². The normalized spacial score (nSPS) is 9.88. The number of aromatic nitrogens is 2. The molecule has 0 saturated heterocycles. The highest BCUT2D eigenvalue weighted by molar-refractivity contribution is 5.48. The van der Waals surface area contributed by atoms with E-state index in [4.69, 9.17) is 5.26 Å². The van der Waals surface area contributed by atoms with Crippen molar-refractivity contribution in [2.75, 3.05) is 11.9 Å². The molecule has 0 unspecified atom stereocenters. The SMILES string of the molecule is Cc1cnn(CCNc2cccc(C#N)c2)c1. The van der Waals surface area contributed by atoms with E-state index < -0.39 is 0 Å². The minimum Gasteiger partial charge on any atom is -0.383 e. The molecule has 0 bridgehead atoms. The van der Waals surface area contributed by atoms with Crippen molar-refractivity contribution in [3.63, 3.8) is 0 Å². The van der Waals surface area contributed by atoms with Crippen LogP contribution in [0.4, 0.5) is 5.69 Å². The van der Waals surface area contributed by atoms with Gasteiger partial charge in [0.1, 0.15) is 0 Å². The second-order valence-corrected chi connectivity index (χ2v) is 3.90. The zero-order chi connectivity index (χ0) is 12.1. The number of hydrogen-bond donors (Lipinski definition) is 1. The van der Waals surface area contributed by atoms with Gasteiger partial charge in [-0.25, -0.2) is 0 Å². The second kappa shape index (κ2) is 5.17. The molecule has 86 valence electrons. The molecule has 0 radical (unpaired) electrons. The van der Waals surface area contributed by atoms with E-state index in [1.54, 1.807) is 6.07 Å². The summed E-state index contributed by atoms with van der Waals surface area (Å²) in [6.07, 6.45) is 3.85. The molecule has 2 rings (SSSR count). The van der Waals surface area contributed by atoms with Crippen LogP contribution < -0.4 is 5.32 Å². The molecule has 0 amide bonds. The van der Waals surface area contributed by atoms with E-state index in [1.807, 2.05) is 42.2 Å². The summed E-state index contributed by atoms with van der Waals surface area (Å²) < 4.78 is 1.90. The quantitative estimate of drug-likeness (QED) is 0.869. The van der Waals surface area contributed by atoms with E-state index in [2.05, 4.69) is 16.5 Å². The van der Waals surface area contributed by atoms with E-state index in [0.717, 1.165) is 24.3 Å². The molecule has 1 aromatic carbocycles. The van der Waals surface area contributed by atoms with Gasteiger partial charge in [0, 0.05) is 18.4 Å². The molecule has 0 fully saturated rings. The van der Waals surface area contributed by atoms with Crippen LogP contribution >= 0.6 is 0 Å². The van der Waals surface area contributed by atoms with Gasteiger partial charge in [-0.15, -0.1) is 0 Å². The molecule has 0 aliphatic rings. The highest BCUT2D eigenvalue weighted by Crippen LogP contribution is 2.09. The molecular formula is C13H14N4. The standard InChI is InChI=1S/C13H14N4/c1-11-9-16-17(10-11)6-5-15-13-4-2-3-12(7-13)8-14/h2-4,7,9-10,15H,5-6H2,1H3. The average molecular weight is 226 g/mol. The molecule has 0 saturated carbocycles. The fourth-order valence-corrected chi connectivity index (χ4v) is 1.60. The van der Waals surface area contributed by atoms with E-state index in [-0.39, 0.29) is 0 Å². The summed E-state index contributed by atoms with van der Waals surface area (Å²) in [4.78, 5) is 0. The van der Waals surface area contributed by atoms with Crippen molar-refractivity contribution < 1.29 is 0 Å². The van der Waals surface area contributed by atoms with Crippen LogP contribution in [0.5, 0.6) is 0 Å². The second-order valence-electron chi connectivity index (χ2n) is 3.90. The van der Waals surface area contributed by atoms with Crippen molar-refractivity contribution in [2.45, 2.75) is 13.5 Å². The first kappa shape index (κ1) is 11.2. The third-order valence-electron chi connectivity index (χ3n) is 2.42. The molecule has 4 nitrogen and oxygen atoms in total. The maximum Gasteiger partial charge on any atom is 0.0992 e. The highest BCUT2D eigenvalue weighted by atomic mass is 15.3. The van der Waals surface area contributed by atoms with Gasteiger partial charge in [0.15, 0.2) is 0 Å². The third kappa shape index (κ3) is 3.08. The predicted molar refractivity (Wildman–Crippen MR) is 66.6 cm³/mol. The Balaban J connectivity index is 1.88. The monoisotopic (exact) mass is 226 g/mol. The first-order valence-corrected chi connectivity index (χ1v) is 5.51. The van der Waals surface area contributed by atoms with Gasteiger partial charge >= 0.3 is 0 Å². The highest BCUT2D eigenvalue weighted by Gasteiger charge is 1.96. The van der Waals surface area contributed by atoms with E-state index >= 15 is 0 Å². The van der Waals surface area contributed by atoms with Gasteiger partial charge < -0.3 is 5.32 Å². The number of nitrogens with one attached hydrogen (secondary N) is 1. The average Bonchev–Trinajstić information content (AvgIpc) is 2.75. The lowest BCUT2D eigenvalue weighted by Crippen LogP contribution is -2.10. The number of benzene rings is 1. The van der Waals surface area contributed by atoms with Gasteiger partial charge in [-0.2, -0.15) is 10.4 Å². The Kier molecular flexibility index (Phi) is 3.41. The third-order valence-corrected chi connectivity index (χ3v) is 2.42. The van der Waals surface area contributed by atoms with Crippen molar-refractivity contribution in [3.8, 4) is 6.07 Å². The van der Waals surface area contributed by atoms with E-state index in [1.165, 1.54) is 0 Å². The van der Waals surface area contributed by atoms with Crippen LogP contribution in [0, 0.1) is 18.3 Å². The molecule has 1 N–H and O–H groups in total. The molecule has 0 aliphatic carbocycles. The Morgan fingerprint density at radius 2 is 2.35 bits per heavy atom. The Bertz CT molecular complexity index is 536. The Morgan fingerprint density at radius 1 is 1.47 bits per heavy atom. The van der Waals surface area contributed by atoms with E-state index in [0.29, 0.717) is 5.56 Å². The predicted octanol–water partition coefficient (Wildman–Crippen LogP) is 2.18. The molecule has 0 aliphatic heterocycles. The summed E-state index contributed by atoms with van der Waals surface area (Å²) >= 11 is 0. The summed E-state index contributed by atoms with van der Waals surface area (Å²) in [5.41, 5.74) is 2.80. The molecule has 2 aromatic rings. The van der Waals surface area contributed by atoms with Crippen LogP contribution in [0.1, 0.15) is 11.1 Å². The molecule has 4 heteroatoms. The van der Waals surface area contributed by atoms with Crippen molar-refractivity contribution >= 4 is 5.69 Å². The molecule has 17 heavy (non-hydrogen) atoms. The Hall–Kier alpha value is -2.28. The number of anilines is 1. The summed E-state index contributed by atoms with van der Waals surface area (Å²) in [5, 5.41) is 16.2. The zero-order valence-electron chi connectivity index (χ0n) is 9.72. The minimum atomic E-state index is 0.671. The summed E-state index contributed by atoms with van der Waals surface area (Å²) in [6, 6.07) is 9.58. The van der Waals surface area contributed by atoms with Crippen molar-refractivity contribution in [1.82, 2.24) is 9.78 Å². The molecular weight excluding hydrogens is 212 g/mol. The summed E-state index contributed by atoms with van der Waals surface area (Å²) in [6.45, 7) is 3.62. The Labute approximate surface area is 100 Å². The van der Waals surface area contributed by atoms with Crippen LogP contribution in [0.2, 0.25) is 0 Å². The van der Waals surface area contributed by atoms with Gasteiger partial charge in [0.25, 0.3) is 0 Å². The maximum atomic E-state index is 8.78. The van der Waals surface area contributed by atoms with Gasteiger partial charge in [-0.3, -0.25) is 4.68 Å². The van der Waals surface area contributed by atoms with Crippen molar-refractivity contribution in [2.24, 2.45) is 0 Å². The van der Waals surface area contributed by atoms with Gasteiger partial charge in [0.2, 0.25) is 0 Å². The molecule has 0 spiro atoms. The van der Waals surface area contributed by atoms with Gasteiger partial charge in [-0.05, 0) is 30.7 Å². The number of aryl methyl sites for hydroxylation is 1. The number of nitriles is 1. The zero-order valence-corrected chi connectivity index (χ0v) is 9.72.